The molecule has 162 valence electrons. The van der Waals surface area contributed by atoms with Crippen LogP contribution in [0.25, 0.3) is 0 Å². The fourth-order valence-corrected chi connectivity index (χ4v) is 3.64. The third-order valence-electron chi connectivity index (χ3n) is 2.29. The molecule has 1 atom stereocenters. The molecule has 0 spiro atoms. The van der Waals surface area contributed by atoms with Crippen LogP contribution in [0.2, 0.25) is 0 Å². The van der Waals surface area contributed by atoms with E-state index in [1.54, 1.807) is 10.8 Å². The summed E-state index contributed by atoms with van der Waals surface area (Å²) < 4.78 is 0.0276. The third-order valence-corrected chi connectivity index (χ3v) is 5.64. The lowest BCUT2D eigenvalue weighted by Crippen LogP contribution is -2.51. The molecule has 11 nitrogen and oxygen atoms in total. The minimum absolute atomic E-state index is 0.0276. The molecule has 1 unspecified atom stereocenters. The van der Waals surface area contributed by atoms with Crippen molar-refractivity contribution in [3.8, 4) is 0 Å². The average molecular weight is 441 g/mol. The summed E-state index contributed by atoms with van der Waals surface area (Å²) in [5.41, 5.74) is 0. The minimum atomic E-state index is -1.13. The highest BCUT2D eigenvalue weighted by Gasteiger charge is 2.22. The van der Waals surface area contributed by atoms with Gasteiger partial charge in [0.05, 0.1) is 0 Å². The van der Waals surface area contributed by atoms with Gasteiger partial charge in [-0.1, -0.05) is 42.4 Å². The summed E-state index contributed by atoms with van der Waals surface area (Å²) in [6.07, 6.45) is 0. The molecular weight excluding hydrogens is 412 g/mol. The van der Waals surface area contributed by atoms with Gasteiger partial charge in [-0.25, -0.2) is 4.79 Å². The SMILES string of the molecule is CC(=O)NCC(=O)O.CNC(=O)NC(CSSC(C)(C)C)C(=O)NCC(=O)O. The largest absolute Gasteiger partial charge is 0.480 e. The number of hydrogen-bond acceptors (Lipinski definition) is 7. The first-order valence-corrected chi connectivity index (χ1v) is 10.3. The molecule has 0 saturated carbocycles. The number of carboxylic acids is 2. The molecule has 0 fully saturated rings. The molecule has 13 heteroatoms. The topological polar surface area (TPSA) is 174 Å². The third kappa shape index (κ3) is 20.2. The van der Waals surface area contributed by atoms with Gasteiger partial charge in [0.2, 0.25) is 11.8 Å². The number of aliphatic carboxylic acids is 2. The molecule has 4 amide bonds. The van der Waals surface area contributed by atoms with Gasteiger partial charge in [-0.05, 0) is 0 Å². The Morgan fingerprint density at radius 3 is 1.82 bits per heavy atom. The second-order valence-corrected chi connectivity index (χ2v) is 9.34. The van der Waals surface area contributed by atoms with Crippen LogP contribution in [0.3, 0.4) is 0 Å². The number of amides is 4. The first-order chi connectivity index (χ1) is 12.8. The maximum atomic E-state index is 11.8. The smallest absolute Gasteiger partial charge is 0.322 e. The zero-order valence-electron chi connectivity index (χ0n) is 16.5. The molecule has 0 aliphatic rings. The van der Waals surface area contributed by atoms with E-state index in [-0.39, 0.29) is 17.2 Å². The van der Waals surface area contributed by atoms with Gasteiger partial charge in [0.15, 0.2) is 0 Å². The van der Waals surface area contributed by atoms with Crippen molar-refractivity contribution in [1.29, 1.82) is 0 Å². The number of urea groups is 1. The highest BCUT2D eigenvalue weighted by molar-refractivity contribution is 8.77. The molecule has 0 radical (unpaired) electrons. The molecule has 0 heterocycles. The number of nitrogens with one attached hydrogen (secondary N) is 4. The Hall–Kier alpha value is -2.15. The van der Waals surface area contributed by atoms with E-state index in [1.807, 2.05) is 20.8 Å². The molecule has 0 rings (SSSR count). The van der Waals surface area contributed by atoms with Gasteiger partial charge in [-0.2, -0.15) is 0 Å². The van der Waals surface area contributed by atoms with E-state index in [0.717, 1.165) is 0 Å². The fraction of sp³-hybridized carbons (Fsp3) is 0.667. The standard InChI is InChI=1S/C11H21N3O4S2.C4H7NO3/c1-11(2,3)20-19-6-7(14-10(18)12-4)9(17)13-5-8(15)16;1-3(6)5-2-4(7)8/h7H,5-6H2,1-4H3,(H,13,17)(H,15,16)(H2,12,14,18);2H2,1H3,(H,5,6)(H,7,8). The highest BCUT2D eigenvalue weighted by Crippen LogP contribution is 2.35. The van der Waals surface area contributed by atoms with Gasteiger partial charge in [-0.3, -0.25) is 19.2 Å². The molecule has 28 heavy (non-hydrogen) atoms. The predicted octanol–water partition coefficient (Wildman–Crippen LogP) is -0.128. The quantitative estimate of drug-likeness (QED) is 0.267. The van der Waals surface area contributed by atoms with E-state index in [1.165, 1.54) is 24.8 Å². The van der Waals surface area contributed by atoms with Crippen molar-refractivity contribution in [1.82, 2.24) is 21.3 Å². The van der Waals surface area contributed by atoms with Gasteiger partial charge < -0.3 is 31.5 Å². The number of carbonyl (C=O) groups excluding carboxylic acids is 3. The first-order valence-electron chi connectivity index (χ1n) is 8.03. The van der Waals surface area contributed by atoms with Crippen molar-refractivity contribution in [2.45, 2.75) is 38.5 Å². The monoisotopic (exact) mass is 440 g/mol. The number of hydrogen-bond donors (Lipinski definition) is 6. The minimum Gasteiger partial charge on any atom is -0.480 e. The van der Waals surface area contributed by atoms with E-state index in [4.69, 9.17) is 10.2 Å². The lowest BCUT2D eigenvalue weighted by Gasteiger charge is -2.20. The number of carboxylic acid groups (broad SMARTS) is 2. The summed E-state index contributed by atoms with van der Waals surface area (Å²) in [5.74, 6) is -2.65. The maximum absolute atomic E-state index is 11.8. The molecular formula is C15H28N4O7S2. The summed E-state index contributed by atoms with van der Waals surface area (Å²) in [7, 11) is 4.48. The van der Waals surface area contributed by atoms with Crippen molar-refractivity contribution in [2.24, 2.45) is 0 Å². The molecule has 0 aromatic rings. The van der Waals surface area contributed by atoms with Crippen LogP contribution in [0.15, 0.2) is 0 Å². The summed E-state index contributed by atoms with van der Waals surface area (Å²) in [6.45, 7) is 6.61. The van der Waals surface area contributed by atoms with Crippen LogP contribution in [0.4, 0.5) is 4.79 Å². The Bertz CT molecular complexity index is 539. The molecule has 0 aliphatic heterocycles. The van der Waals surface area contributed by atoms with Crippen molar-refractivity contribution in [3.05, 3.63) is 0 Å². The Morgan fingerprint density at radius 1 is 0.964 bits per heavy atom. The lowest BCUT2D eigenvalue weighted by atomic mass is 10.3. The van der Waals surface area contributed by atoms with Crippen LogP contribution in [0, 0.1) is 0 Å². The zero-order valence-corrected chi connectivity index (χ0v) is 18.1. The molecule has 0 aliphatic carbocycles. The molecule has 0 aromatic heterocycles. The Morgan fingerprint density at radius 2 is 1.46 bits per heavy atom. The first kappa shape index (κ1) is 28.1. The van der Waals surface area contributed by atoms with Crippen LogP contribution < -0.4 is 21.3 Å². The summed E-state index contributed by atoms with van der Waals surface area (Å²) >= 11 is 0. The normalized spacial score (nSPS) is 11.2. The van der Waals surface area contributed by atoms with Gasteiger partial charge in [0, 0.05) is 24.5 Å². The molecule has 6 N–H and O–H groups in total. The second kappa shape index (κ2) is 14.9. The van der Waals surface area contributed by atoms with Gasteiger partial charge >= 0.3 is 18.0 Å². The van der Waals surface area contributed by atoms with Crippen LogP contribution in [0.1, 0.15) is 27.7 Å². The highest BCUT2D eigenvalue weighted by atomic mass is 33.1. The Kier molecular flexibility index (Phi) is 14.9. The predicted molar refractivity (Wildman–Crippen MR) is 108 cm³/mol. The Labute approximate surface area is 171 Å². The molecule has 0 aromatic carbocycles. The van der Waals surface area contributed by atoms with Gasteiger partial charge in [0.25, 0.3) is 0 Å². The average Bonchev–Trinajstić information content (AvgIpc) is 2.56. The number of rotatable bonds is 9. The summed E-state index contributed by atoms with van der Waals surface area (Å²) in [4.78, 5) is 53.2. The van der Waals surface area contributed by atoms with E-state index in [2.05, 4.69) is 21.3 Å². The van der Waals surface area contributed by atoms with Crippen molar-refractivity contribution in [2.75, 3.05) is 25.9 Å². The summed E-state index contributed by atoms with van der Waals surface area (Å²) in [6, 6.07) is -1.27. The van der Waals surface area contributed by atoms with Gasteiger partial charge in [-0.15, -0.1) is 0 Å². The maximum Gasteiger partial charge on any atom is 0.322 e. The van der Waals surface area contributed by atoms with Crippen LogP contribution in [0.5, 0.6) is 0 Å². The zero-order chi connectivity index (χ0) is 22.3. The summed E-state index contributed by atoms with van der Waals surface area (Å²) in [5, 5.41) is 25.7. The van der Waals surface area contributed by atoms with E-state index in [0.29, 0.717) is 5.75 Å². The van der Waals surface area contributed by atoms with Crippen LogP contribution >= 0.6 is 21.6 Å². The second-order valence-electron chi connectivity index (χ2n) is 6.17. The van der Waals surface area contributed by atoms with E-state index >= 15 is 0 Å². The lowest BCUT2D eigenvalue weighted by molar-refractivity contribution is -0.138. The van der Waals surface area contributed by atoms with Gasteiger partial charge in [0.1, 0.15) is 19.1 Å². The molecule has 0 bridgehead atoms. The van der Waals surface area contributed by atoms with E-state index in [9.17, 15) is 24.0 Å². The van der Waals surface area contributed by atoms with Crippen LogP contribution in [-0.4, -0.2) is 76.7 Å². The fourth-order valence-electron chi connectivity index (χ4n) is 1.18. The van der Waals surface area contributed by atoms with E-state index < -0.39 is 36.5 Å². The van der Waals surface area contributed by atoms with Crippen molar-refractivity contribution >= 4 is 51.4 Å². The van der Waals surface area contributed by atoms with Crippen molar-refractivity contribution < 1.29 is 34.2 Å². The van der Waals surface area contributed by atoms with Crippen molar-refractivity contribution in [3.63, 3.8) is 0 Å². The number of carbonyl (C=O) groups is 5. The van der Waals surface area contributed by atoms with Crippen LogP contribution in [-0.2, 0) is 19.2 Å². The Balaban J connectivity index is 0. The molecule has 0 saturated heterocycles.